The van der Waals surface area contributed by atoms with E-state index in [2.05, 4.69) is 15.5 Å². The molecular weight excluding hydrogens is 420 g/mol. The fourth-order valence-corrected chi connectivity index (χ4v) is 3.45. The average Bonchev–Trinajstić information content (AvgIpc) is 3.29. The molecule has 1 saturated carbocycles. The predicted molar refractivity (Wildman–Crippen MR) is 119 cm³/mol. The van der Waals surface area contributed by atoms with Crippen LogP contribution in [-0.4, -0.2) is 32.9 Å². The molecule has 0 atom stereocenters. The molecule has 0 radical (unpaired) electrons. The molecule has 4 aromatic rings. The maximum absolute atomic E-state index is 13.3. The van der Waals surface area contributed by atoms with Crippen molar-refractivity contribution in [1.29, 1.82) is 0 Å². The summed E-state index contributed by atoms with van der Waals surface area (Å²) in [6, 6.07) is 16.4. The summed E-state index contributed by atoms with van der Waals surface area (Å²) < 4.78 is 10.8. The Hall–Kier alpha value is -4.20. The number of furan rings is 1. The lowest BCUT2D eigenvalue weighted by molar-refractivity contribution is 0.0707. The van der Waals surface area contributed by atoms with Crippen LogP contribution in [0.2, 0.25) is 0 Å². The molecule has 0 spiro atoms. The SMILES string of the molecule is O=C(NC1CC1)c1ccc(CN(Cc2ccco2)C(=O)c2cc(-c3cccnc3)on2)cc1. The van der Waals surface area contributed by atoms with Crippen LogP contribution in [0.1, 0.15) is 45.0 Å². The largest absolute Gasteiger partial charge is 0.467 e. The van der Waals surface area contributed by atoms with Gasteiger partial charge in [0.05, 0.1) is 12.8 Å². The molecule has 0 bridgehead atoms. The van der Waals surface area contributed by atoms with Crippen molar-refractivity contribution in [1.82, 2.24) is 20.4 Å². The first kappa shape index (κ1) is 20.7. The van der Waals surface area contributed by atoms with Crippen molar-refractivity contribution in [3.63, 3.8) is 0 Å². The second-order valence-corrected chi connectivity index (χ2v) is 8.00. The van der Waals surface area contributed by atoms with E-state index in [1.54, 1.807) is 53.9 Å². The lowest BCUT2D eigenvalue weighted by Gasteiger charge is -2.21. The number of nitrogens with one attached hydrogen (secondary N) is 1. The molecular formula is C25H22N4O4. The summed E-state index contributed by atoms with van der Waals surface area (Å²) in [6.45, 7) is 0.587. The van der Waals surface area contributed by atoms with E-state index in [-0.39, 0.29) is 24.1 Å². The Labute approximate surface area is 190 Å². The molecule has 8 nitrogen and oxygen atoms in total. The lowest BCUT2D eigenvalue weighted by atomic mass is 10.1. The second kappa shape index (κ2) is 9.12. The van der Waals surface area contributed by atoms with E-state index in [4.69, 9.17) is 8.94 Å². The van der Waals surface area contributed by atoms with Crippen LogP contribution in [0.5, 0.6) is 0 Å². The van der Waals surface area contributed by atoms with Crippen molar-refractivity contribution in [2.45, 2.75) is 32.0 Å². The van der Waals surface area contributed by atoms with Crippen molar-refractivity contribution in [3.8, 4) is 11.3 Å². The van der Waals surface area contributed by atoms with Gasteiger partial charge in [-0.2, -0.15) is 0 Å². The number of nitrogens with zero attached hydrogens (tertiary/aromatic N) is 3. The third-order valence-electron chi connectivity index (χ3n) is 5.39. The van der Waals surface area contributed by atoms with Gasteiger partial charge < -0.3 is 19.2 Å². The highest BCUT2D eigenvalue weighted by atomic mass is 16.5. The fraction of sp³-hybridized carbons (Fsp3) is 0.200. The molecule has 1 aromatic carbocycles. The first-order valence-corrected chi connectivity index (χ1v) is 10.7. The van der Waals surface area contributed by atoms with Gasteiger partial charge in [0.15, 0.2) is 11.5 Å². The highest BCUT2D eigenvalue weighted by Crippen LogP contribution is 2.22. The number of amides is 2. The number of rotatable bonds is 8. The van der Waals surface area contributed by atoms with Crippen LogP contribution < -0.4 is 5.32 Å². The van der Waals surface area contributed by atoms with Gasteiger partial charge in [0.25, 0.3) is 11.8 Å². The van der Waals surface area contributed by atoms with E-state index in [0.29, 0.717) is 29.7 Å². The van der Waals surface area contributed by atoms with Crippen LogP contribution in [0, 0.1) is 0 Å². The summed E-state index contributed by atoms with van der Waals surface area (Å²) in [5.74, 6) is 0.758. The quantitative estimate of drug-likeness (QED) is 0.442. The number of hydrogen-bond acceptors (Lipinski definition) is 6. The summed E-state index contributed by atoms with van der Waals surface area (Å²) in [7, 11) is 0. The van der Waals surface area contributed by atoms with E-state index in [1.807, 2.05) is 24.3 Å². The lowest BCUT2D eigenvalue weighted by Crippen LogP contribution is -2.30. The maximum Gasteiger partial charge on any atom is 0.276 e. The van der Waals surface area contributed by atoms with Gasteiger partial charge in [-0.3, -0.25) is 14.6 Å². The van der Waals surface area contributed by atoms with Gasteiger partial charge in [0, 0.05) is 42.2 Å². The monoisotopic (exact) mass is 442 g/mol. The van der Waals surface area contributed by atoms with Crippen LogP contribution in [0.4, 0.5) is 0 Å². The molecule has 8 heteroatoms. The Morgan fingerprint density at radius 3 is 2.61 bits per heavy atom. The summed E-state index contributed by atoms with van der Waals surface area (Å²) in [4.78, 5) is 31.2. The van der Waals surface area contributed by atoms with E-state index in [0.717, 1.165) is 24.0 Å². The van der Waals surface area contributed by atoms with Crippen LogP contribution >= 0.6 is 0 Å². The Morgan fingerprint density at radius 1 is 1.06 bits per heavy atom. The van der Waals surface area contributed by atoms with E-state index in [1.165, 1.54) is 0 Å². The molecule has 1 aliphatic rings. The highest BCUT2D eigenvalue weighted by molar-refractivity contribution is 5.95. The minimum atomic E-state index is -0.291. The Morgan fingerprint density at radius 2 is 1.91 bits per heavy atom. The Kier molecular flexibility index (Phi) is 5.72. The topological polar surface area (TPSA) is 101 Å². The van der Waals surface area contributed by atoms with Crippen molar-refractivity contribution < 1.29 is 18.5 Å². The van der Waals surface area contributed by atoms with E-state index < -0.39 is 0 Å². The number of carbonyl (C=O) groups is 2. The number of aromatic nitrogens is 2. The van der Waals surface area contributed by atoms with Gasteiger partial charge in [-0.05, 0) is 54.8 Å². The molecule has 1 N–H and O–H groups in total. The first-order valence-electron chi connectivity index (χ1n) is 10.7. The minimum Gasteiger partial charge on any atom is -0.467 e. The molecule has 5 rings (SSSR count). The highest BCUT2D eigenvalue weighted by Gasteiger charge is 2.24. The normalized spacial score (nSPS) is 13.0. The summed E-state index contributed by atoms with van der Waals surface area (Å²) in [5, 5.41) is 6.95. The predicted octanol–water partition coefficient (Wildman–Crippen LogP) is 4.06. The molecule has 1 fully saturated rings. The van der Waals surface area contributed by atoms with E-state index in [9.17, 15) is 9.59 Å². The van der Waals surface area contributed by atoms with Gasteiger partial charge in [-0.15, -0.1) is 0 Å². The maximum atomic E-state index is 13.3. The fourth-order valence-electron chi connectivity index (χ4n) is 3.45. The first-order chi connectivity index (χ1) is 16.2. The van der Waals surface area contributed by atoms with Crippen molar-refractivity contribution >= 4 is 11.8 Å². The van der Waals surface area contributed by atoms with Crippen LogP contribution in [-0.2, 0) is 13.1 Å². The zero-order chi connectivity index (χ0) is 22.6. The third-order valence-corrected chi connectivity index (χ3v) is 5.39. The molecule has 1 aliphatic carbocycles. The average molecular weight is 442 g/mol. The standard InChI is InChI=1S/C25H22N4O4/c30-24(27-20-9-10-20)18-7-5-17(6-8-18)15-29(16-21-4-2-12-32-21)25(31)22-13-23(33-28-22)19-3-1-11-26-14-19/h1-8,11-14,20H,9-10,15-16H2,(H,27,30). The van der Waals surface area contributed by atoms with Gasteiger partial charge >= 0.3 is 0 Å². The van der Waals surface area contributed by atoms with Crippen molar-refractivity contribution in [2.75, 3.05) is 0 Å². The van der Waals surface area contributed by atoms with Crippen LogP contribution in [0.15, 0.2) is 82.2 Å². The molecule has 2 amide bonds. The molecule has 3 heterocycles. The van der Waals surface area contributed by atoms with Crippen LogP contribution in [0.25, 0.3) is 11.3 Å². The van der Waals surface area contributed by atoms with Gasteiger partial charge in [-0.1, -0.05) is 17.3 Å². The smallest absolute Gasteiger partial charge is 0.276 e. The number of pyridine rings is 1. The third kappa shape index (κ3) is 5.01. The zero-order valence-electron chi connectivity index (χ0n) is 17.8. The molecule has 0 saturated heterocycles. The van der Waals surface area contributed by atoms with Crippen LogP contribution in [0.3, 0.4) is 0 Å². The Balaban J connectivity index is 1.34. The molecule has 3 aromatic heterocycles. The minimum absolute atomic E-state index is 0.0712. The van der Waals surface area contributed by atoms with Crippen molar-refractivity contribution in [3.05, 3.63) is 95.8 Å². The molecule has 33 heavy (non-hydrogen) atoms. The summed E-state index contributed by atoms with van der Waals surface area (Å²) in [5.41, 5.74) is 2.42. The Bertz CT molecular complexity index is 1230. The second-order valence-electron chi connectivity index (χ2n) is 8.00. The number of benzene rings is 1. The van der Waals surface area contributed by atoms with Gasteiger partial charge in [-0.25, -0.2) is 0 Å². The molecule has 0 aliphatic heterocycles. The molecule has 166 valence electrons. The molecule has 0 unspecified atom stereocenters. The zero-order valence-corrected chi connectivity index (χ0v) is 17.8. The van der Waals surface area contributed by atoms with E-state index >= 15 is 0 Å². The number of hydrogen-bond donors (Lipinski definition) is 1. The summed E-state index contributed by atoms with van der Waals surface area (Å²) in [6.07, 6.45) is 6.96. The van der Waals surface area contributed by atoms with Gasteiger partial charge in [0.1, 0.15) is 5.76 Å². The van der Waals surface area contributed by atoms with Gasteiger partial charge in [0.2, 0.25) is 0 Å². The summed E-state index contributed by atoms with van der Waals surface area (Å²) >= 11 is 0. The van der Waals surface area contributed by atoms with Crippen molar-refractivity contribution in [2.24, 2.45) is 0 Å². The number of carbonyl (C=O) groups excluding carboxylic acids is 2.